The molecule has 0 aliphatic carbocycles. The Morgan fingerprint density at radius 3 is 2.28 bits per heavy atom. The molecule has 1 atom stereocenters. The first-order valence-electron chi connectivity index (χ1n) is 6.13. The monoisotopic (exact) mass is 263 g/mol. The van der Waals surface area contributed by atoms with Gasteiger partial charge in [0.05, 0.1) is 39.0 Å². The van der Waals surface area contributed by atoms with Gasteiger partial charge in [0.2, 0.25) is 0 Å². The Morgan fingerprint density at radius 1 is 1.17 bits per heavy atom. The minimum absolute atomic E-state index is 0.354. The maximum atomic E-state index is 10.7. The van der Waals surface area contributed by atoms with Gasteiger partial charge in [-0.15, -0.1) is 0 Å². The van der Waals surface area contributed by atoms with E-state index in [1.54, 1.807) is 14.0 Å². The van der Waals surface area contributed by atoms with E-state index >= 15 is 0 Å². The van der Waals surface area contributed by atoms with Crippen molar-refractivity contribution < 1.29 is 24.1 Å². The van der Waals surface area contributed by atoms with Crippen LogP contribution in [0.15, 0.2) is 0 Å². The standard InChI is InChI=1S/C12H25NO5/c1-11(12(14)15)10-13(2)4-5-17-8-9-18-7-6-16-3/h11H,4-10H2,1-3H3,(H,14,15). The molecule has 0 amide bonds. The van der Waals surface area contributed by atoms with Crippen LogP contribution >= 0.6 is 0 Å². The Balaban J connectivity index is 3.30. The van der Waals surface area contributed by atoms with Crippen LogP contribution in [-0.4, -0.2) is 76.3 Å². The summed E-state index contributed by atoms with van der Waals surface area (Å²) < 4.78 is 15.4. The summed E-state index contributed by atoms with van der Waals surface area (Å²) in [5.41, 5.74) is 0. The second kappa shape index (κ2) is 11.4. The van der Waals surface area contributed by atoms with Crippen LogP contribution in [0.5, 0.6) is 0 Å². The normalized spacial score (nSPS) is 12.9. The molecule has 0 aromatic carbocycles. The molecular formula is C12H25NO5. The molecule has 108 valence electrons. The van der Waals surface area contributed by atoms with Crippen LogP contribution in [0.25, 0.3) is 0 Å². The zero-order valence-electron chi connectivity index (χ0n) is 11.6. The topological polar surface area (TPSA) is 68.2 Å². The van der Waals surface area contributed by atoms with Crippen molar-refractivity contribution in [3.05, 3.63) is 0 Å². The summed E-state index contributed by atoms with van der Waals surface area (Å²) in [5.74, 6) is -1.12. The van der Waals surface area contributed by atoms with E-state index in [-0.39, 0.29) is 5.92 Å². The molecule has 6 heteroatoms. The molecule has 0 aliphatic rings. The van der Waals surface area contributed by atoms with Crippen LogP contribution < -0.4 is 0 Å². The average molecular weight is 263 g/mol. The maximum absolute atomic E-state index is 10.7. The molecule has 0 bridgehead atoms. The second-order valence-corrected chi connectivity index (χ2v) is 4.22. The van der Waals surface area contributed by atoms with Crippen LogP contribution in [0.4, 0.5) is 0 Å². The van der Waals surface area contributed by atoms with Gasteiger partial charge < -0.3 is 24.2 Å². The Hall–Kier alpha value is -0.690. The largest absolute Gasteiger partial charge is 0.481 e. The summed E-state index contributed by atoms with van der Waals surface area (Å²) in [4.78, 5) is 12.6. The first-order valence-corrected chi connectivity index (χ1v) is 6.13. The predicted molar refractivity (Wildman–Crippen MR) is 67.8 cm³/mol. The molecule has 0 aromatic heterocycles. The summed E-state index contributed by atoms with van der Waals surface area (Å²) in [6, 6.07) is 0. The van der Waals surface area contributed by atoms with Crippen LogP contribution in [0, 0.1) is 5.92 Å². The van der Waals surface area contributed by atoms with E-state index in [0.717, 1.165) is 6.54 Å². The fourth-order valence-electron chi connectivity index (χ4n) is 1.32. The van der Waals surface area contributed by atoms with E-state index in [0.29, 0.717) is 39.6 Å². The number of hydrogen-bond acceptors (Lipinski definition) is 5. The van der Waals surface area contributed by atoms with Gasteiger partial charge in [-0.05, 0) is 7.05 Å². The van der Waals surface area contributed by atoms with Gasteiger partial charge in [-0.25, -0.2) is 0 Å². The highest BCUT2D eigenvalue weighted by Gasteiger charge is 2.12. The number of nitrogens with zero attached hydrogens (tertiary/aromatic N) is 1. The van der Waals surface area contributed by atoms with Gasteiger partial charge in [0, 0.05) is 20.2 Å². The highest BCUT2D eigenvalue weighted by atomic mass is 16.5. The molecule has 0 saturated carbocycles. The molecule has 0 aromatic rings. The lowest BCUT2D eigenvalue weighted by Gasteiger charge is -2.18. The summed E-state index contributed by atoms with van der Waals surface area (Å²) in [7, 11) is 3.52. The van der Waals surface area contributed by atoms with Crippen LogP contribution in [0.2, 0.25) is 0 Å². The minimum atomic E-state index is -0.769. The fraction of sp³-hybridized carbons (Fsp3) is 0.917. The summed E-state index contributed by atoms with van der Waals surface area (Å²) in [6.07, 6.45) is 0. The van der Waals surface area contributed by atoms with Gasteiger partial charge in [0.1, 0.15) is 0 Å². The highest BCUT2D eigenvalue weighted by Crippen LogP contribution is 1.97. The number of carbonyl (C=O) groups is 1. The van der Waals surface area contributed by atoms with Gasteiger partial charge in [0.15, 0.2) is 0 Å². The van der Waals surface area contributed by atoms with Crippen molar-refractivity contribution in [1.82, 2.24) is 4.90 Å². The number of methoxy groups -OCH3 is 1. The Kier molecular flexibility index (Phi) is 11.0. The molecule has 18 heavy (non-hydrogen) atoms. The van der Waals surface area contributed by atoms with Gasteiger partial charge >= 0.3 is 5.97 Å². The summed E-state index contributed by atoms with van der Waals surface area (Å²) >= 11 is 0. The SMILES string of the molecule is COCCOCCOCCN(C)CC(C)C(=O)O. The van der Waals surface area contributed by atoms with E-state index in [4.69, 9.17) is 19.3 Å². The average Bonchev–Trinajstić information content (AvgIpc) is 2.32. The van der Waals surface area contributed by atoms with Crippen molar-refractivity contribution >= 4 is 5.97 Å². The lowest BCUT2D eigenvalue weighted by Crippen LogP contribution is -2.31. The number of ether oxygens (including phenoxy) is 3. The Morgan fingerprint density at radius 2 is 1.72 bits per heavy atom. The zero-order valence-corrected chi connectivity index (χ0v) is 11.6. The van der Waals surface area contributed by atoms with E-state index in [1.807, 2.05) is 11.9 Å². The quantitative estimate of drug-likeness (QED) is 0.511. The summed E-state index contributed by atoms with van der Waals surface area (Å²) in [5, 5.41) is 8.76. The fourth-order valence-corrected chi connectivity index (χ4v) is 1.32. The molecule has 1 N–H and O–H groups in total. The van der Waals surface area contributed by atoms with Crippen LogP contribution in [-0.2, 0) is 19.0 Å². The van der Waals surface area contributed by atoms with Crippen LogP contribution in [0.1, 0.15) is 6.92 Å². The van der Waals surface area contributed by atoms with Crippen LogP contribution in [0.3, 0.4) is 0 Å². The Bertz CT molecular complexity index is 213. The number of likely N-dealkylation sites (N-methyl/N-ethyl adjacent to an activating group) is 1. The Labute approximate surface area is 109 Å². The van der Waals surface area contributed by atoms with Crippen molar-refractivity contribution in [2.45, 2.75) is 6.92 Å². The molecule has 1 unspecified atom stereocenters. The van der Waals surface area contributed by atoms with Crippen molar-refractivity contribution in [1.29, 1.82) is 0 Å². The number of hydrogen-bond donors (Lipinski definition) is 1. The predicted octanol–water partition coefficient (Wildman–Crippen LogP) is 0.319. The summed E-state index contributed by atoms with van der Waals surface area (Å²) in [6.45, 7) is 5.80. The van der Waals surface area contributed by atoms with E-state index in [2.05, 4.69) is 0 Å². The van der Waals surface area contributed by atoms with Gasteiger partial charge in [0.25, 0.3) is 0 Å². The van der Waals surface area contributed by atoms with Crippen molar-refractivity contribution in [2.75, 3.05) is 60.3 Å². The minimum Gasteiger partial charge on any atom is -0.481 e. The third-order valence-corrected chi connectivity index (χ3v) is 2.43. The van der Waals surface area contributed by atoms with Gasteiger partial charge in [-0.1, -0.05) is 6.92 Å². The molecule has 6 nitrogen and oxygen atoms in total. The first-order chi connectivity index (χ1) is 8.57. The molecule has 0 radical (unpaired) electrons. The van der Waals surface area contributed by atoms with E-state index in [9.17, 15) is 4.79 Å². The zero-order chi connectivity index (χ0) is 13.8. The molecule has 0 heterocycles. The third kappa shape index (κ3) is 10.5. The lowest BCUT2D eigenvalue weighted by molar-refractivity contribution is -0.141. The highest BCUT2D eigenvalue weighted by molar-refractivity contribution is 5.69. The van der Waals surface area contributed by atoms with Crippen molar-refractivity contribution in [3.63, 3.8) is 0 Å². The van der Waals surface area contributed by atoms with Gasteiger partial charge in [-0.3, -0.25) is 4.79 Å². The van der Waals surface area contributed by atoms with E-state index < -0.39 is 5.97 Å². The molecule has 0 rings (SSSR count). The number of aliphatic carboxylic acids is 1. The smallest absolute Gasteiger partial charge is 0.307 e. The van der Waals surface area contributed by atoms with Gasteiger partial charge in [-0.2, -0.15) is 0 Å². The third-order valence-electron chi connectivity index (χ3n) is 2.43. The molecule has 0 fully saturated rings. The second-order valence-electron chi connectivity index (χ2n) is 4.22. The molecule has 0 saturated heterocycles. The molecule has 0 aliphatic heterocycles. The first kappa shape index (κ1) is 17.3. The number of carboxylic acid groups (broad SMARTS) is 1. The van der Waals surface area contributed by atoms with E-state index in [1.165, 1.54) is 0 Å². The maximum Gasteiger partial charge on any atom is 0.307 e. The molecular weight excluding hydrogens is 238 g/mol. The number of carboxylic acids is 1. The molecule has 0 spiro atoms. The number of rotatable bonds is 12. The van der Waals surface area contributed by atoms with Crippen molar-refractivity contribution in [3.8, 4) is 0 Å². The van der Waals surface area contributed by atoms with Crippen molar-refractivity contribution in [2.24, 2.45) is 5.92 Å². The lowest BCUT2D eigenvalue weighted by atomic mass is 10.2.